The van der Waals surface area contributed by atoms with E-state index < -0.39 is 46.4 Å². The highest BCUT2D eigenvalue weighted by Gasteiger charge is 2.16. The minimum atomic E-state index is -0.952. The molecule has 2 rings (SSSR count). The molecule has 44 heavy (non-hydrogen) atoms. The SMILES string of the molecule is C=C.C=C.C=C.C=C.C=C.C=C.C=C.C=C.C=C.O=C(OCCOC(=O)c1cc(O)c(O)c(O)c1)c1cc(O)c(O)c(O)c1. The molecule has 2 aromatic carbocycles. The van der Waals surface area contributed by atoms with Crippen LogP contribution in [-0.4, -0.2) is 55.8 Å². The third kappa shape index (κ3) is 26.1. The lowest BCUT2D eigenvalue weighted by atomic mass is 10.2. The summed E-state index contributed by atoms with van der Waals surface area (Å²) in [7, 11) is 0. The van der Waals surface area contributed by atoms with Gasteiger partial charge in [0.1, 0.15) is 13.2 Å². The zero-order valence-corrected chi connectivity index (χ0v) is 25.8. The summed E-state index contributed by atoms with van der Waals surface area (Å²) in [6, 6.07) is 3.52. The Morgan fingerprint density at radius 3 is 0.727 bits per heavy atom. The molecule has 6 N–H and O–H groups in total. The van der Waals surface area contributed by atoms with Gasteiger partial charge in [0.05, 0.1) is 11.1 Å². The van der Waals surface area contributed by atoms with E-state index in [1.807, 2.05) is 0 Å². The van der Waals surface area contributed by atoms with Crippen LogP contribution in [0.2, 0.25) is 0 Å². The number of carbonyl (C=O) groups is 2. The number of aromatic hydroxyl groups is 6. The Bertz CT molecular complexity index is 860. The van der Waals surface area contributed by atoms with Crippen molar-refractivity contribution in [2.45, 2.75) is 0 Å². The topological polar surface area (TPSA) is 174 Å². The highest BCUT2D eigenvalue weighted by Crippen LogP contribution is 2.36. The van der Waals surface area contributed by atoms with Crippen LogP contribution >= 0.6 is 0 Å². The molecule has 0 saturated heterocycles. The van der Waals surface area contributed by atoms with Crippen molar-refractivity contribution >= 4 is 11.9 Å². The fourth-order valence-corrected chi connectivity index (χ4v) is 1.88. The van der Waals surface area contributed by atoms with E-state index in [0.29, 0.717) is 0 Å². The molecule has 10 heteroatoms. The van der Waals surface area contributed by atoms with Gasteiger partial charge in [-0.3, -0.25) is 0 Å². The van der Waals surface area contributed by atoms with E-state index in [1.54, 1.807) is 0 Å². The molecule has 2 aromatic rings. The van der Waals surface area contributed by atoms with Gasteiger partial charge in [-0.05, 0) is 24.3 Å². The van der Waals surface area contributed by atoms with E-state index in [4.69, 9.17) is 9.47 Å². The third-order valence-corrected chi connectivity index (χ3v) is 3.16. The van der Waals surface area contributed by atoms with Crippen LogP contribution < -0.4 is 0 Å². The average Bonchev–Trinajstić information content (AvgIpc) is 3.11. The first-order valence-corrected chi connectivity index (χ1v) is 11.5. The molecule has 0 fully saturated rings. The number of carbonyl (C=O) groups excluding carboxylic acids is 2. The van der Waals surface area contributed by atoms with Gasteiger partial charge in [0.2, 0.25) is 0 Å². The van der Waals surface area contributed by atoms with Crippen molar-refractivity contribution in [2.75, 3.05) is 13.2 Å². The van der Waals surface area contributed by atoms with Crippen molar-refractivity contribution < 1.29 is 49.7 Å². The summed E-state index contributed by atoms with van der Waals surface area (Å²) in [5, 5.41) is 55.7. The molecule has 0 aliphatic rings. The maximum absolute atomic E-state index is 11.7. The van der Waals surface area contributed by atoms with Gasteiger partial charge in [0.25, 0.3) is 0 Å². The Morgan fingerprint density at radius 2 is 0.568 bits per heavy atom. The molecule has 0 radical (unpaired) electrons. The molecule has 0 aliphatic carbocycles. The number of esters is 2. The van der Waals surface area contributed by atoms with Crippen molar-refractivity contribution in [3.05, 3.63) is 154 Å². The largest absolute Gasteiger partial charge is 0.504 e. The monoisotopic (exact) mass is 618 g/mol. The van der Waals surface area contributed by atoms with Crippen molar-refractivity contribution in [3.63, 3.8) is 0 Å². The highest BCUT2D eigenvalue weighted by atomic mass is 16.6. The minimum absolute atomic E-state index is 0.238. The summed E-state index contributed by atoms with van der Waals surface area (Å²) < 4.78 is 9.54. The minimum Gasteiger partial charge on any atom is -0.504 e. The Kier molecular flexibility index (Phi) is 61.2. The predicted molar refractivity (Wildman–Crippen MR) is 185 cm³/mol. The Morgan fingerprint density at radius 1 is 0.409 bits per heavy atom. The van der Waals surface area contributed by atoms with Crippen molar-refractivity contribution in [1.29, 1.82) is 0 Å². The Hall–Kier alpha value is -6.16. The van der Waals surface area contributed by atoms with Crippen molar-refractivity contribution in [1.82, 2.24) is 0 Å². The maximum Gasteiger partial charge on any atom is 0.338 e. The standard InChI is InChI=1S/C16H14O10.9C2H4/c17-9-3-7(4-10(18)13(9)21)15(23)25-1-2-26-16(24)8-5-11(19)14(22)12(20)6-8;9*1-2/h3-6,17-22H,1-2H2;9*1-2H2. The molecule has 0 amide bonds. The summed E-state index contributed by atoms with van der Waals surface area (Å²) in [6.07, 6.45) is 0. The van der Waals surface area contributed by atoms with Gasteiger partial charge in [-0.25, -0.2) is 9.59 Å². The van der Waals surface area contributed by atoms with E-state index in [9.17, 15) is 40.2 Å². The fraction of sp³-hybridized carbons (Fsp3) is 0.0588. The van der Waals surface area contributed by atoms with E-state index in [-0.39, 0.29) is 24.3 Å². The number of hydrogen-bond acceptors (Lipinski definition) is 10. The van der Waals surface area contributed by atoms with Crippen LogP contribution in [0.5, 0.6) is 34.5 Å². The first-order chi connectivity index (χ1) is 21.2. The molecular weight excluding hydrogens is 568 g/mol. The van der Waals surface area contributed by atoms with Crippen LogP contribution in [0.25, 0.3) is 0 Å². The summed E-state index contributed by atoms with van der Waals surface area (Å²) in [6.45, 7) is 53.3. The molecule has 0 aliphatic heterocycles. The smallest absolute Gasteiger partial charge is 0.338 e. The molecule has 0 unspecified atom stereocenters. The number of phenols is 6. The Labute approximate surface area is 263 Å². The highest BCUT2D eigenvalue weighted by molar-refractivity contribution is 5.92. The molecule has 10 nitrogen and oxygen atoms in total. The van der Waals surface area contributed by atoms with Gasteiger partial charge < -0.3 is 40.1 Å². The van der Waals surface area contributed by atoms with Crippen LogP contribution in [0.4, 0.5) is 0 Å². The second-order valence-corrected chi connectivity index (χ2v) is 5.00. The molecule has 0 spiro atoms. The summed E-state index contributed by atoms with van der Waals surface area (Å²) in [5.74, 6) is -6.32. The van der Waals surface area contributed by atoms with Gasteiger partial charge in [0.15, 0.2) is 34.5 Å². The molecule has 0 bridgehead atoms. The maximum atomic E-state index is 11.7. The van der Waals surface area contributed by atoms with Crippen LogP contribution in [0.15, 0.2) is 143 Å². The van der Waals surface area contributed by atoms with Gasteiger partial charge in [-0.2, -0.15) is 0 Å². The van der Waals surface area contributed by atoms with Gasteiger partial charge in [0, 0.05) is 0 Å². The molecule has 0 saturated carbocycles. The summed E-state index contributed by atoms with van der Waals surface area (Å²) in [4.78, 5) is 23.5. The van der Waals surface area contributed by atoms with Crippen LogP contribution in [0.3, 0.4) is 0 Å². The average molecular weight is 619 g/mol. The van der Waals surface area contributed by atoms with Crippen LogP contribution in [-0.2, 0) is 9.47 Å². The summed E-state index contributed by atoms with van der Waals surface area (Å²) in [5.41, 5.74) is -0.477. The fourth-order valence-electron chi connectivity index (χ4n) is 1.88. The lowest BCUT2D eigenvalue weighted by molar-refractivity contribution is 0.0265. The zero-order chi connectivity index (χ0) is 37.4. The second kappa shape index (κ2) is 46.7. The van der Waals surface area contributed by atoms with E-state index in [2.05, 4.69) is 118 Å². The van der Waals surface area contributed by atoms with E-state index >= 15 is 0 Å². The van der Waals surface area contributed by atoms with Gasteiger partial charge >= 0.3 is 11.9 Å². The molecule has 0 atom stereocenters. The Balaban J connectivity index is -0.000000103. The van der Waals surface area contributed by atoms with Crippen molar-refractivity contribution in [3.8, 4) is 34.5 Å². The number of hydrogen-bond donors (Lipinski definition) is 6. The normalized spacial score (nSPS) is 6.91. The van der Waals surface area contributed by atoms with Gasteiger partial charge in [-0.1, -0.05) is 0 Å². The van der Waals surface area contributed by atoms with E-state index in [0.717, 1.165) is 24.3 Å². The molecular formula is C34H50O10. The van der Waals surface area contributed by atoms with Crippen LogP contribution in [0.1, 0.15) is 20.7 Å². The molecule has 246 valence electrons. The van der Waals surface area contributed by atoms with Crippen LogP contribution in [0, 0.1) is 0 Å². The third-order valence-electron chi connectivity index (χ3n) is 3.16. The van der Waals surface area contributed by atoms with Gasteiger partial charge in [-0.15, -0.1) is 118 Å². The first-order valence-electron chi connectivity index (χ1n) is 11.5. The zero-order valence-electron chi connectivity index (χ0n) is 25.8. The van der Waals surface area contributed by atoms with Crippen molar-refractivity contribution in [2.24, 2.45) is 0 Å². The van der Waals surface area contributed by atoms with E-state index in [1.165, 1.54) is 0 Å². The molecule has 0 heterocycles. The number of phenolic OH excluding ortho intramolecular Hbond substituents is 6. The lowest BCUT2D eigenvalue weighted by Crippen LogP contribution is -2.14. The first kappa shape index (κ1) is 57.7. The number of ether oxygens (including phenoxy) is 2. The summed E-state index contributed by atoms with van der Waals surface area (Å²) >= 11 is 0. The predicted octanol–water partition coefficient (Wildman–Crippen LogP) is 8.15. The number of rotatable bonds is 5. The quantitative estimate of drug-likeness (QED) is 0.0830. The number of benzene rings is 2. The lowest BCUT2D eigenvalue weighted by Gasteiger charge is -2.09. The molecule has 0 aromatic heterocycles. The second-order valence-electron chi connectivity index (χ2n) is 5.00.